The topological polar surface area (TPSA) is 134 Å². The Morgan fingerprint density at radius 3 is 3.00 bits per heavy atom. The van der Waals surface area contributed by atoms with E-state index < -0.39 is 0 Å². The number of thiazole rings is 1. The fraction of sp³-hybridized carbons (Fsp3) is 0.263. The second-order valence-corrected chi connectivity index (χ2v) is 8.44. The van der Waals surface area contributed by atoms with Gasteiger partial charge in [-0.25, -0.2) is 4.98 Å². The summed E-state index contributed by atoms with van der Waals surface area (Å²) in [4.78, 5) is 19.1. The lowest BCUT2D eigenvalue weighted by atomic mass is 10.2. The summed E-state index contributed by atoms with van der Waals surface area (Å²) in [6, 6.07) is 7.49. The fourth-order valence-electron chi connectivity index (χ4n) is 3.17. The predicted octanol–water partition coefficient (Wildman–Crippen LogP) is 2.55. The monoisotopic (exact) mass is 444 g/mol. The number of fused-ring (bicyclic) bond motifs is 1. The van der Waals surface area contributed by atoms with Crippen molar-refractivity contribution >= 4 is 50.4 Å². The van der Waals surface area contributed by atoms with Gasteiger partial charge in [0.25, 0.3) is 5.91 Å². The zero-order valence-electron chi connectivity index (χ0n) is 16.0. The van der Waals surface area contributed by atoms with E-state index in [9.17, 15) is 9.90 Å². The van der Waals surface area contributed by atoms with Gasteiger partial charge in [0, 0.05) is 23.7 Å². The predicted molar refractivity (Wildman–Crippen MR) is 118 cm³/mol. The normalized spacial score (nSPS) is 13.7. The minimum atomic E-state index is -0.350. The Labute approximate surface area is 180 Å². The van der Waals surface area contributed by atoms with Crippen LogP contribution in [0.1, 0.15) is 28.5 Å². The van der Waals surface area contributed by atoms with Gasteiger partial charge >= 0.3 is 0 Å². The van der Waals surface area contributed by atoms with Crippen LogP contribution in [0.3, 0.4) is 0 Å². The van der Waals surface area contributed by atoms with Crippen molar-refractivity contribution in [3.63, 3.8) is 0 Å². The van der Waals surface area contributed by atoms with Crippen molar-refractivity contribution in [1.29, 1.82) is 5.41 Å². The number of amidine groups is 1. The number of aromatic nitrogens is 2. The van der Waals surface area contributed by atoms with Crippen LogP contribution in [0.5, 0.6) is 5.88 Å². The molecule has 11 heteroatoms. The van der Waals surface area contributed by atoms with E-state index in [0.717, 1.165) is 29.2 Å². The summed E-state index contributed by atoms with van der Waals surface area (Å²) in [5, 5.41) is 35.7. The molecule has 1 aliphatic heterocycles. The number of hydrogen-bond acceptors (Lipinski definition) is 9. The number of nitrogens with one attached hydrogen (secondary N) is 3. The maximum Gasteiger partial charge on any atom is 0.277 e. The van der Waals surface area contributed by atoms with Crippen molar-refractivity contribution < 1.29 is 15.0 Å². The number of anilines is 3. The molecule has 1 unspecified atom stereocenters. The van der Waals surface area contributed by atoms with Crippen LogP contribution in [0, 0.1) is 5.41 Å². The van der Waals surface area contributed by atoms with Gasteiger partial charge in [-0.05, 0) is 36.5 Å². The molecule has 1 aromatic carbocycles. The number of rotatable bonds is 6. The van der Waals surface area contributed by atoms with Crippen molar-refractivity contribution in [3.8, 4) is 5.88 Å². The molecule has 4 rings (SSSR count). The SMILES string of the molecule is CC(CO)NC(=N)c1c(O)nsc1Nc1nc(C(=O)N2CCc3ccccc32)cs1. The Bertz CT molecular complexity index is 1100. The number of amides is 1. The molecule has 0 saturated carbocycles. The second kappa shape index (κ2) is 8.38. The van der Waals surface area contributed by atoms with Gasteiger partial charge in [-0.1, -0.05) is 18.2 Å². The standard InChI is InChI=1S/C19H20N6O3S2/c1-10(8-26)21-15(20)14-16(27)24-30-17(14)23-19-22-12(9-29-19)18(28)25-7-6-11-4-2-3-5-13(11)25/h2-5,9-10,26H,6-8H2,1H3,(H2,20,21)(H,22,23)(H,24,27). The highest BCUT2D eigenvalue weighted by molar-refractivity contribution is 7.15. The van der Waals surface area contributed by atoms with E-state index in [1.54, 1.807) is 17.2 Å². The average molecular weight is 445 g/mol. The molecule has 0 radical (unpaired) electrons. The first-order chi connectivity index (χ1) is 14.5. The molecule has 0 bridgehead atoms. The van der Waals surface area contributed by atoms with E-state index in [0.29, 0.717) is 22.4 Å². The number of carbonyl (C=O) groups excluding carboxylic acids is 1. The van der Waals surface area contributed by atoms with Crippen molar-refractivity contribution in [2.45, 2.75) is 19.4 Å². The van der Waals surface area contributed by atoms with Crippen LogP contribution in [0.25, 0.3) is 0 Å². The lowest BCUT2D eigenvalue weighted by Gasteiger charge is -2.15. The van der Waals surface area contributed by atoms with Gasteiger partial charge in [0.2, 0.25) is 5.88 Å². The quantitative estimate of drug-likeness (QED) is 0.291. The summed E-state index contributed by atoms with van der Waals surface area (Å²) >= 11 is 2.24. The molecule has 2 aromatic heterocycles. The molecule has 3 heterocycles. The number of carbonyl (C=O) groups is 1. The van der Waals surface area contributed by atoms with Crippen molar-refractivity contribution in [3.05, 3.63) is 46.5 Å². The molecule has 0 saturated heterocycles. The number of para-hydroxylation sites is 1. The van der Waals surface area contributed by atoms with Gasteiger partial charge in [0.15, 0.2) is 5.13 Å². The summed E-state index contributed by atoms with van der Waals surface area (Å²) < 4.78 is 3.89. The number of benzene rings is 1. The average Bonchev–Trinajstić information content (AvgIpc) is 3.46. The van der Waals surface area contributed by atoms with Gasteiger partial charge in [0.1, 0.15) is 22.1 Å². The molecular formula is C19H20N6O3S2. The molecule has 30 heavy (non-hydrogen) atoms. The van der Waals surface area contributed by atoms with Gasteiger partial charge < -0.3 is 25.7 Å². The molecule has 1 atom stereocenters. The summed E-state index contributed by atoms with van der Waals surface area (Å²) in [5.41, 5.74) is 2.58. The highest BCUT2D eigenvalue weighted by Gasteiger charge is 2.27. The minimum absolute atomic E-state index is 0.0631. The van der Waals surface area contributed by atoms with Crippen molar-refractivity contribution in [1.82, 2.24) is 14.7 Å². The molecule has 0 aliphatic carbocycles. The first-order valence-corrected chi connectivity index (χ1v) is 10.9. The third-order valence-corrected chi connectivity index (χ3v) is 6.18. The van der Waals surface area contributed by atoms with E-state index in [-0.39, 0.29) is 35.8 Å². The fourth-order valence-corrected chi connectivity index (χ4v) is 4.62. The lowest BCUT2D eigenvalue weighted by Crippen LogP contribution is -2.35. The van der Waals surface area contributed by atoms with Gasteiger partial charge in [-0.2, -0.15) is 4.37 Å². The van der Waals surface area contributed by atoms with Gasteiger partial charge in [-0.15, -0.1) is 11.3 Å². The van der Waals surface area contributed by atoms with Gasteiger partial charge in [-0.3, -0.25) is 10.2 Å². The van der Waals surface area contributed by atoms with E-state index in [4.69, 9.17) is 10.5 Å². The Balaban J connectivity index is 1.51. The van der Waals surface area contributed by atoms with Crippen LogP contribution >= 0.6 is 22.9 Å². The van der Waals surface area contributed by atoms with Crippen molar-refractivity contribution in [2.75, 3.05) is 23.4 Å². The number of nitrogens with zero attached hydrogens (tertiary/aromatic N) is 3. The number of aromatic hydroxyl groups is 1. The number of aliphatic hydroxyl groups is 1. The molecule has 0 fully saturated rings. The van der Waals surface area contributed by atoms with E-state index in [1.165, 1.54) is 11.3 Å². The zero-order valence-corrected chi connectivity index (χ0v) is 17.7. The maximum atomic E-state index is 12.9. The summed E-state index contributed by atoms with van der Waals surface area (Å²) in [7, 11) is 0. The Hall–Kier alpha value is -3.02. The Morgan fingerprint density at radius 1 is 1.40 bits per heavy atom. The zero-order chi connectivity index (χ0) is 21.3. The van der Waals surface area contributed by atoms with E-state index in [1.807, 2.05) is 24.3 Å². The van der Waals surface area contributed by atoms with Crippen LogP contribution in [0.2, 0.25) is 0 Å². The van der Waals surface area contributed by atoms with E-state index >= 15 is 0 Å². The maximum absolute atomic E-state index is 12.9. The summed E-state index contributed by atoms with van der Waals surface area (Å²) in [5.74, 6) is -0.513. The minimum Gasteiger partial charge on any atom is -0.492 e. The Morgan fingerprint density at radius 2 is 2.20 bits per heavy atom. The van der Waals surface area contributed by atoms with Crippen molar-refractivity contribution in [2.24, 2.45) is 0 Å². The lowest BCUT2D eigenvalue weighted by molar-refractivity contribution is 0.0985. The van der Waals surface area contributed by atoms with Crippen LogP contribution in [0.15, 0.2) is 29.6 Å². The molecule has 5 N–H and O–H groups in total. The first kappa shape index (κ1) is 20.3. The molecule has 0 spiro atoms. The molecule has 156 valence electrons. The van der Waals surface area contributed by atoms with Crippen LogP contribution in [-0.2, 0) is 6.42 Å². The second-order valence-electron chi connectivity index (χ2n) is 6.81. The molecule has 1 aliphatic rings. The third kappa shape index (κ3) is 3.86. The smallest absolute Gasteiger partial charge is 0.277 e. The highest BCUT2D eigenvalue weighted by Crippen LogP contribution is 2.34. The molecule has 1 amide bonds. The molecule has 3 aromatic rings. The molecule has 9 nitrogen and oxygen atoms in total. The van der Waals surface area contributed by atoms with Crippen LogP contribution < -0.4 is 15.5 Å². The summed E-state index contributed by atoms with van der Waals surface area (Å²) in [6.45, 7) is 2.19. The van der Waals surface area contributed by atoms with E-state index in [2.05, 4.69) is 20.0 Å². The highest BCUT2D eigenvalue weighted by atomic mass is 32.1. The third-order valence-electron chi connectivity index (χ3n) is 4.66. The summed E-state index contributed by atoms with van der Waals surface area (Å²) in [6.07, 6.45) is 0.821. The largest absolute Gasteiger partial charge is 0.492 e. The van der Waals surface area contributed by atoms with Gasteiger partial charge in [0.05, 0.1) is 6.61 Å². The number of aliphatic hydroxyl groups excluding tert-OH is 1. The number of hydrogen-bond donors (Lipinski definition) is 5. The van der Waals surface area contributed by atoms with Crippen LogP contribution in [0.4, 0.5) is 15.8 Å². The Kier molecular flexibility index (Phi) is 5.66. The first-order valence-electron chi connectivity index (χ1n) is 9.25. The molecular weight excluding hydrogens is 424 g/mol. The van der Waals surface area contributed by atoms with Crippen LogP contribution in [-0.4, -0.2) is 50.5 Å².